The molecule has 0 unspecified atom stereocenters. The van der Waals surface area contributed by atoms with E-state index in [-0.39, 0.29) is 12.3 Å². The van der Waals surface area contributed by atoms with Crippen molar-refractivity contribution in [2.24, 2.45) is 5.73 Å². The lowest BCUT2D eigenvalue weighted by Crippen LogP contribution is -2.00. The van der Waals surface area contributed by atoms with Gasteiger partial charge < -0.3 is 10.5 Å². The molecule has 1 aromatic carbocycles. The Balaban J connectivity index is 2.36. The molecule has 0 spiro atoms. The summed E-state index contributed by atoms with van der Waals surface area (Å²) in [6.45, 7) is 2.07. The van der Waals surface area contributed by atoms with Gasteiger partial charge in [0.15, 0.2) is 11.6 Å². The SMILES string of the molecule is Cc1ncccc1Oc1ccc(CN)c(Br)c1F. The quantitative estimate of drug-likeness (QED) is 0.943. The van der Waals surface area contributed by atoms with E-state index in [0.717, 1.165) is 0 Å². The van der Waals surface area contributed by atoms with E-state index in [2.05, 4.69) is 20.9 Å². The lowest BCUT2D eigenvalue weighted by molar-refractivity contribution is 0.435. The van der Waals surface area contributed by atoms with Crippen LogP contribution in [0, 0.1) is 12.7 Å². The maximum atomic E-state index is 14.0. The second-order valence-corrected chi connectivity index (χ2v) is 4.54. The summed E-state index contributed by atoms with van der Waals surface area (Å²) in [6.07, 6.45) is 1.66. The third kappa shape index (κ3) is 2.52. The van der Waals surface area contributed by atoms with Gasteiger partial charge in [0.05, 0.1) is 10.2 Å². The number of hydrogen-bond acceptors (Lipinski definition) is 3. The lowest BCUT2D eigenvalue weighted by atomic mass is 10.2. The van der Waals surface area contributed by atoms with E-state index in [1.54, 1.807) is 37.4 Å². The molecule has 0 fully saturated rings. The Labute approximate surface area is 113 Å². The molecule has 94 valence electrons. The number of ether oxygens (including phenoxy) is 1. The summed E-state index contributed by atoms with van der Waals surface area (Å²) in [7, 11) is 0. The Morgan fingerprint density at radius 3 is 2.78 bits per heavy atom. The van der Waals surface area contributed by atoms with Gasteiger partial charge in [-0.15, -0.1) is 0 Å². The molecule has 0 aliphatic carbocycles. The second-order valence-electron chi connectivity index (χ2n) is 3.74. The molecule has 0 radical (unpaired) electrons. The highest BCUT2D eigenvalue weighted by Gasteiger charge is 2.13. The van der Waals surface area contributed by atoms with Crippen LogP contribution >= 0.6 is 15.9 Å². The molecule has 0 saturated carbocycles. The second kappa shape index (κ2) is 5.46. The summed E-state index contributed by atoms with van der Waals surface area (Å²) in [5, 5.41) is 0. The number of aryl methyl sites for hydroxylation is 1. The molecule has 0 amide bonds. The molecular formula is C13H12BrFN2O. The Morgan fingerprint density at radius 1 is 1.33 bits per heavy atom. The molecule has 18 heavy (non-hydrogen) atoms. The Kier molecular flexibility index (Phi) is 3.93. The zero-order valence-electron chi connectivity index (χ0n) is 9.78. The summed E-state index contributed by atoms with van der Waals surface area (Å²) in [6, 6.07) is 6.78. The van der Waals surface area contributed by atoms with E-state index in [1.807, 2.05) is 0 Å². The minimum Gasteiger partial charge on any atom is -0.452 e. The number of aromatic nitrogens is 1. The molecule has 2 rings (SSSR count). The van der Waals surface area contributed by atoms with E-state index >= 15 is 0 Å². The zero-order chi connectivity index (χ0) is 13.1. The molecule has 1 heterocycles. The van der Waals surface area contributed by atoms with E-state index < -0.39 is 5.82 Å². The topological polar surface area (TPSA) is 48.1 Å². The van der Waals surface area contributed by atoms with Crippen molar-refractivity contribution in [2.45, 2.75) is 13.5 Å². The van der Waals surface area contributed by atoms with Crippen LogP contribution in [0.15, 0.2) is 34.9 Å². The van der Waals surface area contributed by atoms with Crippen molar-refractivity contribution in [2.75, 3.05) is 0 Å². The highest BCUT2D eigenvalue weighted by atomic mass is 79.9. The summed E-state index contributed by atoms with van der Waals surface area (Å²) in [5.74, 6) is 0.222. The van der Waals surface area contributed by atoms with Crippen molar-refractivity contribution in [3.63, 3.8) is 0 Å². The number of hydrogen-bond donors (Lipinski definition) is 1. The molecular weight excluding hydrogens is 299 g/mol. The van der Waals surface area contributed by atoms with Gasteiger partial charge in [0, 0.05) is 12.7 Å². The van der Waals surface area contributed by atoms with Gasteiger partial charge in [-0.05, 0) is 46.6 Å². The first kappa shape index (κ1) is 13.0. The van der Waals surface area contributed by atoms with Gasteiger partial charge in [-0.2, -0.15) is 0 Å². The molecule has 0 bridgehead atoms. The third-order valence-electron chi connectivity index (χ3n) is 2.53. The van der Waals surface area contributed by atoms with E-state index in [0.29, 0.717) is 21.5 Å². The highest BCUT2D eigenvalue weighted by molar-refractivity contribution is 9.10. The maximum absolute atomic E-state index is 14.0. The molecule has 3 nitrogen and oxygen atoms in total. The van der Waals surface area contributed by atoms with Crippen LogP contribution < -0.4 is 10.5 Å². The molecule has 5 heteroatoms. The van der Waals surface area contributed by atoms with Gasteiger partial charge in [-0.3, -0.25) is 4.98 Å². The maximum Gasteiger partial charge on any atom is 0.180 e. The van der Waals surface area contributed by atoms with Gasteiger partial charge in [-0.1, -0.05) is 6.07 Å². The predicted molar refractivity (Wildman–Crippen MR) is 71.0 cm³/mol. The van der Waals surface area contributed by atoms with Crippen LogP contribution in [0.3, 0.4) is 0 Å². The van der Waals surface area contributed by atoms with Crippen molar-refractivity contribution >= 4 is 15.9 Å². The standard InChI is InChI=1S/C13H12BrFN2O/c1-8-10(3-2-6-17-8)18-11-5-4-9(7-16)12(14)13(11)15/h2-6H,7,16H2,1H3. The fourth-order valence-corrected chi connectivity index (χ4v) is 1.99. The van der Waals surface area contributed by atoms with Gasteiger partial charge in [0.25, 0.3) is 0 Å². The summed E-state index contributed by atoms with van der Waals surface area (Å²) < 4.78 is 19.9. The summed E-state index contributed by atoms with van der Waals surface area (Å²) in [4.78, 5) is 4.08. The first-order chi connectivity index (χ1) is 8.63. The first-order valence-corrected chi connectivity index (χ1v) is 6.19. The monoisotopic (exact) mass is 310 g/mol. The van der Waals surface area contributed by atoms with E-state index in [1.165, 1.54) is 0 Å². The molecule has 1 aromatic heterocycles. The fraction of sp³-hybridized carbons (Fsp3) is 0.154. The van der Waals surface area contributed by atoms with Crippen LogP contribution in [0.2, 0.25) is 0 Å². The molecule has 0 aliphatic rings. The van der Waals surface area contributed by atoms with Crippen LogP contribution in [-0.2, 0) is 6.54 Å². The van der Waals surface area contributed by atoms with Crippen LogP contribution in [-0.4, -0.2) is 4.98 Å². The van der Waals surface area contributed by atoms with E-state index in [4.69, 9.17) is 10.5 Å². The average Bonchev–Trinajstić information content (AvgIpc) is 2.38. The molecule has 2 N–H and O–H groups in total. The van der Waals surface area contributed by atoms with E-state index in [9.17, 15) is 4.39 Å². The van der Waals surface area contributed by atoms with Crippen LogP contribution in [0.25, 0.3) is 0 Å². The lowest BCUT2D eigenvalue weighted by Gasteiger charge is -2.11. The number of pyridine rings is 1. The Morgan fingerprint density at radius 2 is 2.11 bits per heavy atom. The number of nitrogens with zero attached hydrogens (tertiary/aromatic N) is 1. The Bertz CT molecular complexity index is 575. The predicted octanol–water partition coefficient (Wildman–Crippen LogP) is 3.54. The largest absolute Gasteiger partial charge is 0.452 e. The van der Waals surface area contributed by atoms with Gasteiger partial charge in [0.2, 0.25) is 0 Å². The van der Waals surface area contributed by atoms with Crippen molar-refractivity contribution in [3.05, 3.63) is 52.0 Å². The summed E-state index contributed by atoms with van der Waals surface area (Å²) in [5.41, 5.74) is 6.90. The van der Waals surface area contributed by atoms with Gasteiger partial charge in [-0.25, -0.2) is 4.39 Å². The minimum atomic E-state index is -0.457. The molecule has 0 atom stereocenters. The third-order valence-corrected chi connectivity index (χ3v) is 3.38. The van der Waals surface area contributed by atoms with Crippen molar-refractivity contribution in [3.8, 4) is 11.5 Å². The van der Waals surface area contributed by atoms with Gasteiger partial charge >= 0.3 is 0 Å². The average molecular weight is 311 g/mol. The molecule has 2 aromatic rings. The molecule has 0 saturated heterocycles. The first-order valence-electron chi connectivity index (χ1n) is 5.40. The number of nitrogens with two attached hydrogens (primary N) is 1. The smallest absolute Gasteiger partial charge is 0.180 e. The van der Waals surface area contributed by atoms with Crippen LogP contribution in [0.4, 0.5) is 4.39 Å². The van der Waals surface area contributed by atoms with Crippen LogP contribution in [0.5, 0.6) is 11.5 Å². The number of benzene rings is 1. The molecule has 0 aliphatic heterocycles. The Hall–Kier alpha value is -1.46. The normalized spacial score (nSPS) is 10.4. The highest BCUT2D eigenvalue weighted by Crippen LogP contribution is 2.32. The van der Waals surface area contributed by atoms with Crippen molar-refractivity contribution in [1.29, 1.82) is 0 Å². The number of rotatable bonds is 3. The van der Waals surface area contributed by atoms with Gasteiger partial charge in [0.1, 0.15) is 5.75 Å². The van der Waals surface area contributed by atoms with Crippen LogP contribution in [0.1, 0.15) is 11.3 Å². The zero-order valence-corrected chi connectivity index (χ0v) is 11.4. The fourth-order valence-electron chi connectivity index (χ4n) is 1.50. The van der Waals surface area contributed by atoms with Crippen molar-refractivity contribution < 1.29 is 9.13 Å². The number of halogens is 2. The summed E-state index contributed by atoms with van der Waals surface area (Å²) >= 11 is 3.17. The minimum absolute atomic E-state index is 0.148. The van der Waals surface area contributed by atoms with Crippen molar-refractivity contribution in [1.82, 2.24) is 4.98 Å².